The van der Waals surface area contributed by atoms with Crippen LogP contribution in [0, 0.1) is 3.70 Å². The Morgan fingerprint density at radius 2 is 2.00 bits per heavy atom. The van der Waals surface area contributed by atoms with Crippen molar-refractivity contribution in [1.82, 2.24) is 24.8 Å². The van der Waals surface area contributed by atoms with E-state index in [4.69, 9.17) is 0 Å². The normalized spacial score (nSPS) is 12.1. The van der Waals surface area contributed by atoms with E-state index in [-0.39, 0.29) is 0 Å². The second kappa shape index (κ2) is 5.64. The summed E-state index contributed by atoms with van der Waals surface area (Å²) in [4.78, 5) is 0. The lowest BCUT2D eigenvalue weighted by atomic mass is 10.4. The van der Waals surface area contributed by atoms with E-state index >= 15 is 0 Å². The Morgan fingerprint density at radius 1 is 1.32 bits per heavy atom. The Bertz CT molecular complexity index is 586. The molecule has 8 heteroatoms. The summed E-state index contributed by atoms with van der Waals surface area (Å²) in [6.45, 7) is 10.5. The first kappa shape index (κ1) is 15.2. The topological polar surface area (TPSA) is 48.5 Å². The first-order valence-corrected chi connectivity index (χ1v) is 11.5. The molecule has 2 aromatic rings. The molecule has 104 valence electrons. The van der Waals surface area contributed by atoms with E-state index < -0.39 is 8.07 Å². The predicted octanol–water partition coefficient (Wildman–Crippen LogP) is 2.46. The zero-order valence-corrected chi connectivity index (χ0v) is 16.2. The first-order chi connectivity index (χ1) is 8.84. The number of aromatic nitrogens is 5. The molecular formula is C11H17BrIN5Si. The average molecular weight is 454 g/mol. The molecule has 0 saturated carbocycles. The first-order valence-electron chi connectivity index (χ1n) is 6.14. The highest BCUT2D eigenvalue weighted by Gasteiger charge is 2.25. The third kappa shape index (κ3) is 3.10. The lowest BCUT2D eigenvalue weighted by molar-refractivity contribution is 0.624. The van der Waals surface area contributed by atoms with Crippen molar-refractivity contribution in [1.29, 1.82) is 0 Å². The van der Waals surface area contributed by atoms with E-state index in [1.165, 1.54) is 5.32 Å². The Balaban J connectivity index is 2.29. The van der Waals surface area contributed by atoms with E-state index in [0.717, 1.165) is 20.4 Å². The molecule has 0 bridgehead atoms. The van der Waals surface area contributed by atoms with Crippen LogP contribution in [-0.2, 0) is 13.1 Å². The van der Waals surface area contributed by atoms with Crippen molar-refractivity contribution in [2.75, 3.05) is 0 Å². The fourth-order valence-corrected chi connectivity index (χ4v) is 6.22. The van der Waals surface area contributed by atoms with Crippen LogP contribution >= 0.6 is 38.5 Å². The van der Waals surface area contributed by atoms with E-state index in [9.17, 15) is 0 Å². The summed E-state index contributed by atoms with van der Waals surface area (Å²) in [5, 5.41) is 14.2. The van der Waals surface area contributed by atoms with Gasteiger partial charge in [-0.3, -0.25) is 4.68 Å². The summed E-state index contributed by atoms with van der Waals surface area (Å²) >= 11 is 5.93. The molecule has 0 saturated heterocycles. The molecule has 0 aliphatic rings. The van der Waals surface area contributed by atoms with Crippen LogP contribution in [0.3, 0.4) is 0 Å². The van der Waals surface area contributed by atoms with Gasteiger partial charge in [-0.1, -0.05) is 24.9 Å². The second-order valence-electron chi connectivity index (χ2n) is 5.41. The van der Waals surface area contributed by atoms with Crippen molar-refractivity contribution in [3.63, 3.8) is 0 Å². The molecule has 0 N–H and O–H groups in total. The van der Waals surface area contributed by atoms with Gasteiger partial charge < -0.3 is 0 Å². The van der Waals surface area contributed by atoms with Crippen molar-refractivity contribution < 1.29 is 0 Å². The molecule has 0 aliphatic heterocycles. The summed E-state index contributed by atoms with van der Waals surface area (Å²) in [5.41, 5.74) is 1.13. The second-order valence-corrected chi connectivity index (χ2v) is 12.2. The molecule has 2 aromatic heterocycles. The van der Waals surface area contributed by atoms with Gasteiger partial charge in [-0.15, -0.1) is 5.10 Å². The van der Waals surface area contributed by atoms with E-state index in [0.29, 0.717) is 6.54 Å². The Morgan fingerprint density at radius 3 is 2.47 bits per heavy atom. The maximum absolute atomic E-state index is 4.36. The Kier molecular flexibility index (Phi) is 4.51. The minimum atomic E-state index is -1.42. The molecule has 19 heavy (non-hydrogen) atoms. The van der Waals surface area contributed by atoms with Crippen LogP contribution in [0.4, 0.5) is 0 Å². The van der Waals surface area contributed by atoms with Gasteiger partial charge in [0.15, 0.2) is 0 Å². The average Bonchev–Trinajstić information content (AvgIpc) is 2.85. The lowest BCUT2D eigenvalue weighted by Gasteiger charge is -2.12. The van der Waals surface area contributed by atoms with Gasteiger partial charge in [0.25, 0.3) is 0 Å². The van der Waals surface area contributed by atoms with Crippen molar-refractivity contribution in [2.24, 2.45) is 0 Å². The molecule has 0 atom stereocenters. The number of halogens is 2. The van der Waals surface area contributed by atoms with Gasteiger partial charge in [0.2, 0.25) is 0 Å². The van der Waals surface area contributed by atoms with Gasteiger partial charge >= 0.3 is 0 Å². The maximum atomic E-state index is 4.36. The smallest absolute Gasteiger partial charge is 0.118 e. The molecule has 0 fully saturated rings. The SMILES string of the molecule is CCn1ncc(Cn2nnc([Si](C)(C)C)c2I)c1Br. The van der Waals surface area contributed by atoms with Gasteiger partial charge in [0.1, 0.15) is 16.4 Å². The van der Waals surface area contributed by atoms with Gasteiger partial charge in [-0.25, -0.2) is 4.68 Å². The molecule has 0 amide bonds. The fraction of sp³-hybridized carbons (Fsp3) is 0.545. The molecule has 0 radical (unpaired) electrons. The van der Waals surface area contributed by atoms with Crippen molar-refractivity contribution >= 4 is 51.9 Å². The minimum Gasteiger partial charge on any atom is -0.258 e. The maximum Gasteiger partial charge on any atom is 0.118 e. The highest BCUT2D eigenvalue weighted by atomic mass is 127. The molecular weight excluding hydrogens is 437 g/mol. The van der Waals surface area contributed by atoms with Crippen LogP contribution in [0.25, 0.3) is 0 Å². The van der Waals surface area contributed by atoms with Crippen LogP contribution in [-0.4, -0.2) is 32.8 Å². The number of nitrogens with zero attached hydrogens (tertiary/aromatic N) is 5. The van der Waals surface area contributed by atoms with Crippen LogP contribution < -0.4 is 5.32 Å². The molecule has 5 nitrogen and oxygen atoms in total. The number of aryl methyl sites for hydroxylation is 1. The van der Waals surface area contributed by atoms with E-state index in [1.807, 2.05) is 15.6 Å². The van der Waals surface area contributed by atoms with Crippen LogP contribution in [0.1, 0.15) is 12.5 Å². The summed E-state index contributed by atoms with van der Waals surface area (Å²) in [6, 6.07) is 0. The number of rotatable bonds is 4. The zero-order chi connectivity index (χ0) is 14.2. The standard InChI is InChI=1S/C11H17BrIN5Si/c1-5-17-9(12)8(6-14-17)7-18-10(13)11(15-16-18)19(2,3)4/h6H,5,7H2,1-4H3. The zero-order valence-electron chi connectivity index (χ0n) is 11.5. The fourth-order valence-electron chi connectivity index (χ4n) is 1.76. The molecule has 0 aliphatic carbocycles. The monoisotopic (exact) mass is 453 g/mol. The van der Waals surface area contributed by atoms with Crippen molar-refractivity contribution in [2.45, 2.75) is 39.7 Å². The molecule has 2 heterocycles. The lowest BCUT2D eigenvalue weighted by Crippen LogP contribution is -2.41. The molecule has 2 rings (SSSR count). The summed E-state index contributed by atoms with van der Waals surface area (Å²) in [6.07, 6.45) is 1.89. The summed E-state index contributed by atoms with van der Waals surface area (Å²) in [7, 11) is -1.42. The van der Waals surface area contributed by atoms with Crippen molar-refractivity contribution in [3.05, 3.63) is 20.1 Å². The third-order valence-electron chi connectivity index (χ3n) is 2.85. The Hall–Kier alpha value is -0.223. The predicted molar refractivity (Wildman–Crippen MR) is 90.4 cm³/mol. The van der Waals surface area contributed by atoms with Gasteiger partial charge in [0, 0.05) is 12.1 Å². The van der Waals surface area contributed by atoms with E-state index in [2.05, 4.69) is 80.5 Å². The number of hydrogen-bond donors (Lipinski definition) is 0. The summed E-state index contributed by atoms with van der Waals surface area (Å²) in [5.74, 6) is 0. The highest BCUT2D eigenvalue weighted by molar-refractivity contribution is 14.1. The summed E-state index contributed by atoms with van der Waals surface area (Å²) < 4.78 is 6.05. The molecule has 0 aromatic carbocycles. The third-order valence-corrected chi connectivity index (χ3v) is 7.10. The van der Waals surface area contributed by atoms with Crippen LogP contribution in [0.15, 0.2) is 10.8 Å². The minimum absolute atomic E-state index is 0.705. The highest BCUT2D eigenvalue weighted by Crippen LogP contribution is 2.18. The van der Waals surface area contributed by atoms with Crippen LogP contribution in [0.5, 0.6) is 0 Å². The quantitative estimate of drug-likeness (QED) is 0.527. The molecule has 0 spiro atoms. The molecule has 0 unspecified atom stereocenters. The van der Waals surface area contributed by atoms with Gasteiger partial charge in [-0.05, 0) is 45.4 Å². The van der Waals surface area contributed by atoms with Crippen LogP contribution in [0.2, 0.25) is 19.6 Å². The van der Waals surface area contributed by atoms with Gasteiger partial charge in [-0.2, -0.15) is 5.10 Å². The largest absolute Gasteiger partial charge is 0.258 e. The van der Waals surface area contributed by atoms with E-state index in [1.54, 1.807) is 0 Å². The van der Waals surface area contributed by atoms with Gasteiger partial charge in [0.05, 0.1) is 18.1 Å². The Labute approximate surface area is 136 Å². The van der Waals surface area contributed by atoms with Crippen molar-refractivity contribution in [3.8, 4) is 0 Å². The number of hydrogen-bond acceptors (Lipinski definition) is 3.